The van der Waals surface area contributed by atoms with E-state index in [1.807, 2.05) is 18.2 Å². The molecule has 2 aromatic rings. The number of halogens is 1. The van der Waals surface area contributed by atoms with Crippen molar-refractivity contribution in [2.45, 2.75) is 0 Å². The van der Waals surface area contributed by atoms with E-state index in [0.29, 0.717) is 0 Å². The molecule has 0 aliphatic carbocycles. The lowest BCUT2D eigenvalue weighted by Crippen LogP contribution is -2.28. The highest BCUT2D eigenvalue weighted by molar-refractivity contribution is 9.10. The van der Waals surface area contributed by atoms with Crippen LogP contribution in [0.3, 0.4) is 0 Å². The lowest BCUT2D eigenvalue weighted by molar-refractivity contribution is 0.855. The van der Waals surface area contributed by atoms with Crippen LogP contribution in [0.15, 0.2) is 32.7 Å². The van der Waals surface area contributed by atoms with Gasteiger partial charge in [0.15, 0.2) is 5.49 Å². The van der Waals surface area contributed by atoms with E-state index in [4.69, 9.17) is 0 Å². The fraction of sp³-hybridized carbons (Fsp3) is 0.200. The third-order valence-corrected chi connectivity index (χ3v) is 3.03. The van der Waals surface area contributed by atoms with Gasteiger partial charge in [0.1, 0.15) is 5.36 Å². The monoisotopic (exact) mass is 249 g/mol. The Hall–Kier alpha value is -1.16. The average Bonchev–Trinajstić information content (AvgIpc) is 2.57. The molecule has 2 heterocycles. The molecule has 0 radical (unpaired) electrons. The van der Waals surface area contributed by atoms with E-state index < -0.39 is 0 Å². The molecule has 1 N–H and O–H groups in total. The Balaban J connectivity index is 2.64. The van der Waals surface area contributed by atoms with Crippen LogP contribution in [0.2, 0.25) is 0 Å². The van der Waals surface area contributed by atoms with Crippen molar-refractivity contribution in [1.82, 2.24) is 4.98 Å². The van der Waals surface area contributed by atoms with Gasteiger partial charge in [0.25, 0.3) is 0 Å². The summed E-state index contributed by atoms with van der Waals surface area (Å²) in [6.07, 6.45) is 0. The molecule has 3 nitrogen and oxygen atoms in total. The Morgan fingerprint density at radius 3 is 3.00 bits per heavy atom. The van der Waals surface area contributed by atoms with Crippen molar-refractivity contribution in [3.05, 3.63) is 33.5 Å². The normalized spacial score (nSPS) is 14.6. The molecule has 0 fully saturated rings. The third-order valence-electron chi connectivity index (χ3n) is 2.37. The highest BCUT2D eigenvalue weighted by Gasteiger charge is 2.07. The Labute approximate surface area is 88.7 Å². The zero-order chi connectivity index (χ0) is 9.54. The minimum absolute atomic E-state index is 0.789. The maximum Gasteiger partial charge on any atom is 0.152 e. The average molecular weight is 250 g/mol. The Morgan fingerprint density at radius 2 is 2.07 bits per heavy atom. The molecule has 0 bridgehead atoms. The molecule has 4 heteroatoms. The van der Waals surface area contributed by atoms with E-state index in [0.717, 1.165) is 39.3 Å². The fourth-order valence-corrected chi connectivity index (χ4v) is 2.32. The first-order chi connectivity index (χ1) is 6.86. The highest BCUT2D eigenvalue weighted by atomic mass is 79.9. The van der Waals surface area contributed by atoms with Crippen molar-refractivity contribution in [2.75, 3.05) is 13.1 Å². The van der Waals surface area contributed by atoms with Crippen LogP contribution in [0.4, 0.5) is 0 Å². The summed E-state index contributed by atoms with van der Waals surface area (Å²) in [6.45, 7) is 1.58. The maximum atomic E-state index is 4.49. The van der Waals surface area contributed by atoms with Gasteiger partial charge in [-0.3, -0.25) is 9.98 Å². The minimum Gasteiger partial charge on any atom is -0.338 e. The summed E-state index contributed by atoms with van der Waals surface area (Å²) in [7, 11) is 0. The van der Waals surface area contributed by atoms with Gasteiger partial charge in [0.05, 0.1) is 18.6 Å². The molecular formula is C10H8BrN3. The summed E-state index contributed by atoms with van der Waals surface area (Å²) in [4.78, 5) is 12.2. The largest absolute Gasteiger partial charge is 0.338 e. The van der Waals surface area contributed by atoms with Gasteiger partial charge in [-0.2, -0.15) is 0 Å². The van der Waals surface area contributed by atoms with Crippen LogP contribution in [0.25, 0.3) is 10.9 Å². The van der Waals surface area contributed by atoms with E-state index >= 15 is 0 Å². The van der Waals surface area contributed by atoms with Crippen LogP contribution in [0.1, 0.15) is 0 Å². The van der Waals surface area contributed by atoms with E-state index in [2.05, 4.69) is 30.9 Å². The second-order valence-corrected chi connectivity index (χ2v) is 4.10. The van der Waals surface area contributed by atoms with Crippen molar-refractivity contribution in [1.29, 1.82) is 0 Å². The van der Waals surface area contributed by atoms with E-state index in [1.165, 1.54) is 0 Å². The second-order valence-electron chi connectivity index (χ2n) is 3.25. The van der Waals surface area contributed by atoms with E-state index in [9.17, 15) is 0 Å². The van der Waals surface area contributed by atoms with Crippen molar-refractivity contribution in [3.8, 4) is 0 Å². The van der Waals surface area contributed by atoms with E-state index in [1.54, 1.807) is 0 Å². The van der Waals surface area contributed by atoms with Gasteiger partial charge in [-0.15, -0.1) is 0 Å². The summed E-state index contributed by atoms with van der Waals surface area (Å²) in [5, 5.41) is 2.14. The molecule has 1 aromatic heterocycles. The predicted molar refractivity (Wildman–Crippen MR) is 58.0 cm³/mol. The number of hydrogen-bond acceptors (Lipinski definition) is 2. The number of fused-ring (bicyclic) bond motifs is 3. The number of H-pyrrole nitrogens is 1. The van der Waals surface area contributed by atoms with Gasteiger partial charge in [-0.25, -0.2) is 0 Å². The summed E-state index contributed by atoms with van der Waals surface area (Å²) in [5.41, 5.74) is 2.01. The van der Waals surface area contributed by atoms with Crippen molar-refractivity contribution in [2.24, 2.45) is 9.98 Å². The molecule has 0 saturated heterocycles. The molecule has 3 rings (SSSR count). The first-order valence-corrected chi connectivity index (χ1v) is 5.31. The summed E-state index contributed by atoms with van der Waals surface area (Å²) in [5.74, 6) is 0. The summed E-state index contributed by atoms with van der Waals surface area (Å²) in [6, 6.07) is 6.08. The molecule has 0 atom stereocenters. The first-order valence-electron chi connectivity index (χ1n) is 4.51. The van der Waals surface area contributed by atoms with Crippen LogP contribution in [-0.4, -0.2) is 18.1 Å². The van der Waals surface area contributed by atoms with Gasteiger partial charge in [-0.05, 0) is 12.1 Å². The SMILES string of the molecule is Brc1cccc2[nH]c3c(c12)=NCCN=3. The molecule has 0 saturated carbocycles. The molecule has 1 aromatic carbocycles. The molecule has 0 spiro atoms. The highest BCUT2D eigenvalue weighted by Crippen LogP contribution is 2.18. The molecule has 1 aliphatic heterocycles. The zero-order valence-corrected chi connectivity index (χ0v) is 9.00. The van der Waals surface area contributed by atoms with Crippen molar-refractivity contribution >= 4 is 26.8 Å². The quantitative estimate of drug-likeness (QED) is 0.729. The van der Waals surface area contributed by atoms with Gasteiger partial charge < -0.3 is 4.98 Å². The standard InChI is InChI=1S/C10H8BrN3/c11-6-2-1-3-7-8(6)9-10(14-7)13-5-4-12-9/h1-3H,4-5H2,(H,13,14). The fourth-order valence-electron chi connectivity index (χ4n) is 1.77. The second kappa shape index (κ2) is 2.92. The first kappa shape index (κ1) is 8.17. The van der Waals surface area contributed by atoms with E-state index in [-0.39, 0.29) is 0 Å². The summed E-state index contributed by atoms with van der Waals surface area (Å²) < 4.78 is 1.08. The lowest BCUT2D eigenvalue weighted by Gasteiger charge is -1.94. The van der Waals surface area contributed by atoms with Crippen LogP contribution >= 0.6 is 15.9 Å². The minimum atomic E-state index is 0.789. The van der Waals surface area contributed by atoms with Gasteiger partial charge in [0.2, 0.25) is 0 Å². The number of aromatic amines is 1. The van der Waals surface area contributed by atoms with Crippen LogP contribution in [0, 0.1) is 0 Å². The lowest BCUT2D eigenvalue weighted by atomic mass is 10.2. The summed E-state index contributed by atoms with van der Waals surface area (Å²) >= 11 is 3.53. The molecule has 0 unspecified atom stereocenters. The number of hydrogen-bond donors (Lipinski definition) is 1. The van der Waals surface area contributed by atoms with Crippen LogP contribution in [-0.2, 0) is 0 Å². The van der Waals surface area contributed by atoms with Crippen LogP contribution < -0.4 is 10.8 Å². The number of benzene rings is 1. The molecule has 70 valence electrons. The van der Waals surface area contributed by atoms with Crippen molar-refractivity contribution in [3.63, 3.8) is 0 Å². The zero-order valence-electron chi connectivity index (χ0n) is 7.42. The molecule has 0 amide bonds. The number of nitrogens with one attached hydrogen (secondary N) is 1. The third kappa shape index (κ3) is 1.04. The van der Waals surface area contributed by atoms with Crippen LogP contribution in [0.5, 0.6) is 0 Å². The number of rotatable bonds is 0. The van der Waals surface area contributed by atoms with Gasteiger partial charge in [-0.1, -0.05) is 22.0 Å². The number of nitrogens with zero attached hydrogens (tertiary/aromatic N) is 2. The van der Waals surface area contributed by atoms with Crippen molar-refractivity contribution < 1.29 is 0 Å². The Kier molecular flexibility index (Phi) is 1.70. The smallest absolute Gasteiger partial charge is 0.152 e. The molecular weight excluding hydrogens is 242 g/mol. The molecule has 14 heavy (non-hydrogen) atoms. The Morgan fingerprint density at radius 1 is 1.21 bits per heavy atom. The molecule has 1 aliphatic rings. The van der Waals surface area contributed by atoms with Gasteiger partial charge in [0, 0.05) is 9.86 Å². The predicted octanol–water partition coefficient (Wildman–Crippen LogP) is 1.18. The van der Waals surface area contributed by atoms with Gasteiger partial charge >= 0.3 is 0 Å². The number of aromatic nitrogens is 1. The topological polar surface area (TPSA) is 40.5 Å². The Bertz CT molecular complexity index is 612. The maximum absolute atomic E-state index is 4.49.